The van der Waals surface area contributed by atoms with Crippen LogP contribution in [0.25, 0.3) is 0 Å². The van der Waals surface area contributed by atoms with E-state index in [-0.39, 0.29) is 19.0 Å². The minimum atomic E-state index is -0.676. The molecule has 0 spiro atoms. The molecule has 8 nitrogen and oxygen atoms in total. The van der Waals surface area contributed by atoms with E-state index >= 15 is 0 Å². The summed E-state index contributed by atoms with van der Waals surface area (Å²) < 4.78 is 13.9. The number of amides is 1. The van der Waals surface area contributed by atoms with Crippen LogP contribution in [0.4, 0.5) is 0 Å². The zero-order valence-corrected chi connectivity index (χ0v) is 12.3. The molecule has 0 heterocycles. The number of rotatable bonds is 9. The van der Waals surface area contributed by atoms with E-state index in [0.29, 0.717) is 13.2 Å². The highest BCUT2D eigenvalue weighted by Gasteiger charge is 2.25. The lowest BCUT2D eigenvalue weighted by Gasteiger charge is -2.25. The van der Waals surface area contributed by atoms with Crippen molar-refractivity contribution in [3.8, 4) is 0 Å². The fourth-order valence-electron chi connectivity index (χ4n) is 1.38. The summed E-state index contributed by atoms with van der Waals surface area (Å²) in [5, 5.41) is 2.64. The number of nitrogens with zero attached hydrogens (tertiary/aromatic N) is 1. The number of ether oxygens (including phenoxy) is 3. The SMILES string of the molecule is COCCNC(=O)C(C)N(CC(=O)OC)CC(=O)OC. The van der Waals surface area contributed by atoms with Gasteiger partial charge in [-0.25, -0.2) is 0 Å². The van der Waals surface area contributed by atoms with Crippen molar-refractivity contribution >= 4 is 17.8 Å². The molecular weight excluding hydrogens is 268 g/mol. The number of methoxy groups -OCH3 is 3. The summed E-state index contributed by atoms with van der Waals surface area (Å²) >= 11 is 0. The van der Waals surface area contributed by atoms with Crippen LogP contribution >= 0.6 is 0 Å². The molecule has 0 saturated heterocycles. The standard InChI is InChI=1S/C12H22N2O6/c1-9(12(17)13-5-6-18-2)14(7-10(15)19-3)8-11(16)20-4/h9H,5-8H2,1-4H3,(H,13,17). The van der Waals surface area contributed by atoms with Crippen LogP contribution < -0.4 is 5.32 Å². The lowest BCUT2D eigenvalue weighted by atomic mass is 10.2. The topological polar surface area (TPSA) is 94.2 Å². The third-order valence-electron chi connectivity index (χ3n) is 2.65. The van der Waals surface area contributed by atoms with Crippen LogP contribution in [0.15, 0.2) is 0 Å². The van der Waals surface area contributed by atoms with Crippen molar-refractivity contribution < 1.29 is 28.6 Å². The molecule has 0 rings (SSSR count). The molecular formula is C12H22N2O6. The fourth-order valence-corrected chi connectivity index (χ4v) is 1.38. The Morgan fingerprint density at radius 2 is 1.55 bits per heavy atom. The van der Waals surface area contributed by atoms with Gasteiger partial charge < -0.3 is 19.5 Å². The molecule has 1 amide bonds. The number of esters is 2. The summed E-state index contributed by atoms with van der Waals surface area (Å²) in [5.74, 6) is -1.38. The second-order valence-corrected chi connectivity index (χ2v) is 4.02. The Labute approximate surface area is 118 Å². The molecule has 0 saturated carbocycles. The highest BCUT2D eigenvalue weighted by molar-refractivity contribution is 5.83. The van der Waals surface area contributed by atoms with Crippen LogP contribution in [-0.2, 0) is 28.6 Å². The quantitative estimate of drug-likeness (QED) is 0.420. The minimum absolute atomic E-state index is 0.176. The van der Waals surface area contributed by atoms with E-state index < -0.39 is 18.0 Å². The molecule has 0 aromatic rings. The third kappa shape index (κ3) is 7.05. The van der Waals surface area contributed by atoms with E-state index in [0.717, 1.165) is 0 Å². The zero-order valence-electron chi connectivity index (χ0n) is 12.3. The summed E-state index contributed by atoms with van der Waals surface area (Å²) in [6.07, 6.45) is 0. The number of carbonyl (C=O) groups is 3. The summed E-state index contributed by atoms with van der Waals surface area (Å²) in [6, 6.07) is -0.676. The van der Waals surface area contributed by atoms with Gasteiger partial charge >= 0.3 is 11.9 Å². The van der Waals surface area contributed by atoms with Gasteiger partial charge in [-0.15, -0.1) is 0 Å². The van der Waals surface area contributed by atoms with Crippen molar-refractivity contribution in [3.05, 3.63) is 0 Å². The van der Waals surface area contributed by atoms with Gasteiger partial charge in [0.05, 0.1) is 40.0 Å². The molecule has 0 radical (unpaired) electrons. The third-order valence-corrected chi connectivity index (χ3v) is 2.65. The Kier molecular flexibility index (Phi) is 9.31. The van der Waals surface area contributed by atoms with Crippen LogP contribution in [-0.4, -0.2) is 76.4 Å². The van der Waals surface area contributed by atoms with E-state index in [4.69, 9.17) is 4.74 Å². The number of hydrogen-bond acceptors (Lipinski definition) is 7. The van der Waals surface area contributed by atoms with E-state index in [1.54, 1.807) is 6.92 Å². The largest absolute Gasteiger partial charge is 0.468 e. The predicted octanol–water partition coefficient (Wildman–Crippen LogP) is -1.21. The van der Waals surface area contributed by atoms with E-state index in [2.05, 4.69) is 14.8 Å². The lowest BCUT2D eigenvalue weighted by molar-refractivity contribution is -0.147. The van der Waals surface area contributed by atoms with Gasteiger partial charge in [-0.1, -0.05) is 0 Å². The highest BCUT2D eigenvalue weighted by atomic mass is 16.5. The summed E-state index contributed by atoms with van der Waals surface area (Å²) in [5.41, 5.74) is 0. The Balaban J connectivity index is 4.59. The number of nitrogens with one attached hydrogen (secondary N) is 1. The molecule has 1 N–H and O–H groups in total. The molecule has 0 bridgehead atoms. The van der Waals surface area contributed by atoms with E-state index in [9.17, 15) is 14.4 Å². The first-order valence-electron chi connectivity index (χ1n) is 6.10. The van der Waals surface area contributed by atoms with Crippen LogP contribution in [0.2, 0.25) is 0 Å². The second kappa shape index (κ2) is 10.2. The Bertz CT molecular complexity index is 316. The first-order chi connectivity index (χ1) is 9.46. The molecule has 20 heavy (non-hydrogen) atoms. The summed E-state index contributed by atoms with van der Waals surface area (Å²) in [7, 11) is 4.00. The molecule has 0 aliphatic heterocycles. The van der Waals surface area contributed by atoms with Crippen molar-refractivity contribution in [2.75, 3.05) is 47.6 Å². The minimum Gasteiger partial charge on any atom is -0.468 e. The predicted molar refractivity (Wildman–Crippen MR) is 70.0 cm³/mol. The normalized spacial score (nSPS) is 11.8. The van der Waals surface area contributed by atoms with Gasteiger partial charge in [-0.2, -0.15) is 0 Å². The maximum Gasteiger partial charge on any atom is 0.319 e. The van der Waals surface area contributed by atoms with Crippen LogP contribution in [0.1, 0.15) is 6.92 Å². The van der Waals surface area contributed by atoms with Gasteiger partial charge in [0.2, 0.25) is 5.91 Å². The maximum atomic E-state index is 11.9. The molecule has 0 aromatic heterocycles. The first-order valence-corrected chi connectivity index (χ1v) is 6.10. The smallest absolute Gasteiger partial charge is 0.319 e. The van der Waals surface area contributed by atoms with Crippen molar-refractivity contribution in [2.24, 2.45) is 0 Å². The van der Waals surface area contributed by atoms with Crippen molar-refractivity contribution in [2.45, 2.75) is 13.0 Å². The number of hydrogen-bond donors (Lipinski definition) is 1. The Hall–Kier alpha value is -1.67. The van der Waals surface area contributed by atoms with Gasteiger partial charge in [0, 0.05) is 13.7 Å². The zero-order chi connectivity index (χ0) is 15.5. The van der Waals surface area contributed by atoms with Crippen molar-refractivity contribution in [3.63, 3.8) is 0 Å². The Morgan fingerprint density at radius 3 is 1.95 bits per heavy atom. The van der Waals surface area contributed by atoms with Gasteiger partial charge in [0.15, 0.2) is 0 Å². The molecule has 1 unspecified atom stereocenters. The van der Waals surface area contributed by atoms with Crippen LogP contribution in [0.5, 0.6) is 0 Å². The summed E-state index contributed by atoms with van der Waals surface area (Å²) in [4.78, 5) is 35.9. The highest BCUT2D eigenvalue weighted by Crippen LogP contribution is 2.01. The van der Waals surface area contributed by atoms with Crippen LogP contribution in [0.3, 0.4) is 0 Å². The van der Waals surface area contributed by atoms with Gasteiger partial charge in [0.1, 0.15) is 0 Å². The lowest BCUT2D eigenvalue weighted by Crippen LogP contribution is -2.49. The molecule has 8 heteroatoms. The van der Waals surface area contributed by atoms with E-state index in [1.165, 1.54) is 26.2 Å². The maximum absolute atomic E-state index is 11.9. The second-order valence-electron chi connectivity index (χ2n) is 4.02. The molecule has 1 atom stereocenters. The Morgan fingerprint density at radius 1 is 1.05 bits per heavy atom. The van der Waals surface area contributed by atoms with Gasteiger partial charge in [0.25, 0.3) is 0 Å². The summed E-state index contributed by atoms with van der Waals surface area (Å²) in [6.45, 7) is 1.97. The monoisotopic (exact) mass is 290 g/mol. The molecule has 0 aliphatic rings. The average Bonchev–Trinajstić information content (AvgIpc) is 2.45. The van der Waals surface area contributed by atoms with Crippen molar-refractivity contribution in [1.29, 1.82) is 0 Å². The van der Waals surface area contributed by atoms with Gasteiger partial charge in [-0.05, 0) is 6.92 Å². The van der Waals surface area contributed by atoms with Gasteiger partial charge in [-0.3, -0.25) is 19.3 Å². The molecule has 0 fully saturated rings. The van der Waals surface area contributed by atoms with E-state index in [1.807, 2.05) is 0 Å². The van der Waals surface area contributed by atoms with Crippen molar-refractivity contribution in [1.82, 2.24) is 10.2 Å². The average molecular weight is 290 g/mol. The first kappa shape index (κ1) is 18.3. The number of carbonyl (C=O) groups excluding carboxylic acids is 3. The molecule has 0 aliphatic carbocycles. The van der Waals surface area contributed by atoms with Crippen LogP contribution in [0, 0.1) is 0 Å². The molecule has 0 aromatic carbocycles. The molecule has 116 valence electrons. The fraction of sp³-hybridized carbons (Fsp3) is 0.750.